The summed E-state index contributed by atoms with van der Waals surface area (Å²) in [5.74, 6) is 0.626. The highest BCUT2D eigenvalue weighted by Crippen LogP contribution is 2.29. The molecule has 0 amide bonds. The van der Waals surface area contributed by atoms with E-state index in [2.05, 4.69) is 24.5 Å². The van der Waals surface area contributed by atoms with Crippen molar-refractivity contribution < 1.29 is 0 Å². The van der Waals surface area contributed by atoms with Crippen LogP contribution in [0.5, 0.6) is 0 Å². The standard InChI is InChI=1S/C13H21N3/c1-5-6-7-9(2)16-11(4)10(3)12(8-14)13(16)15/h9H,5-7,15H2,1-4H3. The van der Waals surface area contributed by atoms with Crippen LogP contribution in [0, 0.1) is 25.2 Å². The molecule has 0 aliphatic heterocycles. The van der Waals surface area contributed by atoms with Gasteiger partial charge in [0.2, 0.25) is 0 Å². The van der Waals surface area contributed by atoms with Gasteiger partial charge in [-0.2, -0.15) is 5.26 Å². The van der Waals surface area contributed by atoms with Crippen LogP contribution in [-0.4, -0.2) is 4.57 Å². The van der Waals surface area contributed by atoms with Gasteiger partial charge in [-0.15, -0.1) is 0 Å². The average Bonchev–Trinajstić information content (AvgIpc) is 2.47. The third-order valence-electron chi connectivity index (χ3n) is 3.32. The number of nitrogens with zero attached hydrogens (tertiary/aromatic N) is 2. The molecule has 0 aliphatic carbocycles. The predicted molar refractivity (Wildman–Crippen MR) is 67.3 cm³/mol. The van der Waals surface area contributed by atoms with Crippen LogP contribution >= 0.6 is 0 Å². The summed E-state index contributed by atoms with van der Waals surface area (Å²) in [7, 11) is 0. The van der Waals surface area contributed by atoms with E-state index in [1.54, 1.807) is 0 Å². The van der Waals surface area contributed by atoms with Gasteiger partial charge < -0.3 is 10.3 Å². The quantitative estimate of drug-likeness (QED) is 0.844. The summed E-state index contributed by atoms with van der Waals surface area (Å²) in [6, 6.07) is 2.57. The molecule has 0 bridgehead atoms. The van der Waals surface area contributed by atoms with Gasteiger partial charge in [0, 0.05) is 11.7 Å². The van der Waals surface area contributed by atoms with Crippen LogP contribution in [-0.2, 0) is 0 Å². The van der Waals surface area contributed by atoms with Gasteiger partial charge in [0.1, 0.15) is 11.9 Å². The molecule has 1 aromatic heterocycles. The van der Waals surface area contributed by atoms with Crippen LogP contribution in [0.4, 0.5) is 5.82 Å². The second-order valence-electron chi connectivity index (χ2n) is 4.44. The molecule has 3 heteroatoms. The van der Waals surface area contributed by atoms with Gasteiger partial charge in [-0.05, 0) is 32.8 Å². The molecule has 1 unspecified atom stereocenters. The second kappa shape index (κ2) is 5.07. The molecule has 3 nitrogen and oxygen atoms in total. The Hall–Kier alpha value is -1.43. The normalized spacial score (nSPS) is 12.4. The van der Waals surface area contributed by atoms with Gasteiger partial charge in [-0.1, -0.05) is 19.8 Å². The first-order valence-corrected chi connectivity index (χ1v) is 5.91. The Kier molecular flexibility index (Phi) is 4.00. The Labute approximate surface area is 97.9 Å². The fourth-order valence-electron chi connectivity index (χ4n) is 2.19. The van der Waals surface area contributed by atoms with E-state index in [9.17, 15) is 0 Å². The Balaban J connectivity index is 3.10. The van der Waals surface area contributed by atoms with Crippen molar-refractivity contribution in [3.63, 3.8) is 0 Å². The van der Waals surface area contributed by atoms with E-state index in [4.69, 9.17) is 11.0 Å². The van der Waals surface area contributed by atoms with Gasteiger partial charge in [0.05, 0.1) is 5.56 Å². The topological polar surface area (TPSA) is 54.7 Å². The number of nitrogen functional groups attached to an aromatic ring is 1. The number of rotatable bonds is 4. The maximum absolute atomic E-state index is 9.05. The molecule has 0 radical (unpaired) electrons. The molecule has 0 fully saturated rings. The van der Waals surface area contributed by atoms with E-state index in [-0.39, 0.29) is 0 Å². The lowest BCUT2D eigenvalue weighted by molar-refractivity contribution is 0.484. The minimum absolute atomic E-state index is 0.376. The second-order valence-corrected chi connectivity index (χ2v) is 4.44. The number of anilines is 1. The van der Waals surface area contributed by atoms with Gasteiger partial charge in [-0.25, -0.2) is 0 Å². The third kappa shape index (κ3) is 2.06. The maximum Gasteiger partial charge on any atom is 0.122 e. The summed E-state index contributed by atoms with van der Waals surface area (Å²) in [5, 5.41) is 9.05. The zero-order valence-corrected chi connectivity index (χ0v) is 10.7. The van der Waals surface area contributed by atoms with Gasteiger partial charge in [0.25, 0.3) is 0 Å². The Morgan fingerprint density at radius 1 is 1.44 bits per heavy atom. The van der Waals surface area contributed by atoms with Crippen molar-refractivity contribution in [2.24, 2.45) is 0 Å². The van der Waals surface area contributed by atoms with Crippen LogP contribution in [0.2, 0.25) is 0 Å². The largest absolute Gasteiger partial charge is 0.384 e. The number of unbranched alkanes of at least 4 members (excludes halogenated alkanes) is 1. The summed E-state index contributed by atoms with van der Waals surface area (Å²) in [6.45, 7) is 8.35. The van der Waals surface area contributed by atoms with Crippen molar-refractivity contribution in [2.75, 3.05) is 5.73 Å². The summed E-state index contributed by atoms with van der Waals surface area (Å²) < 4.78 is 2.10. The number of nitrogens with two attached hydrogens (primary N) is 1. The number of hydrogen-bond donors (Lipinski definition) is 1. The molecular weight excluding hydrogens is 198 g/mol. The van der Waals surface area contributed by atoms with Crippen molar-refractivity contribution in [1.29, 1.82) is 5.26 Å². The van der Waals surface area contributed by atoms with E-state index in [0.29, 0.717) is 17.4 Å². The highest BCUT2D eigenvalue weighted by atomic mass is 15.1. The fraction of sp³-hybridized carbons (Fsp3) is 0.615. The fourth-order valence-corrected chi connectivity index (χ4v) is 2.19. The van der Waals surface area contributed by atoms with E-state index < -0.39 is 0 Å². The summed E-state index contributed by atoms with van der Waals surface area (Å²) >= 11 is 0. The van der Waals surface area contributed by atoms with E-state index in [1.807, 2.05) is 13.8 Å². The van der Waals surface area contributed by atoms with Crippen LogP contribution < -0.4 is 5.73 Å². The summed E-state index contributed by atoms with van der Waals surface area (Å²) in [6.07, 6.45) is 3.49. The lowest BCUT2D eigenvalue weighted by Gasteiger charge is -2.17. The predicted octanol–water partition coefficient (Wildman–Crippen LogP) is 3.31. The SMILES string of the molecule is CCCCC(C)n1c(C)c(C)c(C#N)c1N. The van der Waals surface area contributed by atoms with Gasteiger partial charge in [0.15, 0.2) is 0 Å². The Morgan fingerprint density at radius 3 is 2.50 bits per heavy atom. The molecule has 88 valence electrons. The molecule has 1 heterocycles. The zero-order chi connectivity index (χ0) is 12.3. The maximum atomic E-state index is 9.05. The van der Waals surface area contributed by atoms with Crippen LogP contribution in [0.3, 0.4) is 0 Å². The van der Waals surface area contributed by atoms with Gasteiger partial charge in [-0.3, -0.25) is 0 Å². The van der Waals surface area contributed by atoms with Crippen LogP contribution in [0.15, 0.2) is 0 Å². The smallest absolute Gasteiger partial charge is 0.122 e. The van der Waals surface area contributed by atoms with E-state index in [1.165, 1.54) is 12.8 Å². The third-order valence-corrected chi connectivity index (χ3v) is 3.32. The van der Waals surface area contributed by atoms with Crippen molar-refractivity contribution >= 4 is 5.82 Å². The minimum atomic E-state index is 0.376. The average molecular weight is 219 g/mol. The Morgan fingerprint density at radius 2 is 2.06 bits per heavy atom. The molecule has 0 aromatic carbocycles. The zero-order valence-electron chi connectivity index (χ0n) is 10.7. The van der Waals surface area contributed by atoms with Crippen molar-refractivity contribution in [3.05, 3.63) is 16.8 Å². The first-order valence-electron chi connectivity index (χ1n) is 5.91. The number of hydrogen-bond acceptors (Lipinski definition) is 2. The molecular formula is C13H21N3. The Bertz CT molecular complexity index is 410. The molecule has 0 spiro atoms. The molecule has 2 N–H and O–H groups in total. The summed E-state index contributed by atoms with van der Waals surface area (Å²) in [4.78, 5) is 0. The first-order chi connectivity index (χ1) is 7.54. The highest BCUT2D eigenvalue weighted by Gasteiger charge is 2.18. The molecule has 1 aromatic rings. The highest BCUT2D eigenvalue weighted by molar-refractivity contribution is 5.58. The number of nitriles is 1. The minimum Gasteiger partial charge on any atom is -0.384 e. The lowest BCUT2D eigenvalue weighted by atomic mass is 10.1. The lowest BCUT2D eigenvalue weighted by Crippen LogP contribution is -2.10. The first kappa shape index (κ1) is 12.6. The van der Waals surface area contributed by atoms with Crippen LogP contribution in [0.25, 0.3) is 0 Å². The summed E-state index contributed by atoms with van der Waals surface area (Å²) in [5.41, 5.74) is 8.81. The number of aromatic nitrogens is 1. The molecule has 0 saturated carbocycles. The van der Waals surface area contributed by atoms with Crippen molar-refractivity contribution in [1.82, 2.24) is 4.57 Å². The monoisotopic (exact) mass is 219 g/mol. The van der Waals surface area contributed by atoms with Crippen molar-refractivity contribution in [3.8, 4) is 6.07 Å². The molecule has 1 rings (SSSR count). The van der Waals surface area contributed by atoms with Crippen molar-refractivity contribution in [2.45, 2.75) is 53.0 Å². The van der Waals surface area contributed by atoms with E-state index >= 15 is 0 Å². The molecule has 16 heavy (non-hydrogen) atoms. The molecule has 0 saturated heterocycles. The van der Waals surface area contributed by atoms with Crippen LogP contribution in [0.1, 0.15) is 56.0 Å². The van der Waals surface area contributed by atoms with E-state index in [0.717, 1.165) is 17.7 Å². The molecule has 1 atom stereocenters. The molecule has 0 aliphatic rings. The van der Waals surface area contributed by atoms with Gasteiger partial charge >= 0.3 is 0 Å².